The van der Waals surface area contributed by atoms with Gasteiger partial charge in [0.15, 0.2) is 0 Å². The van der Waals surface area contributed by atoms with E-state index in [1.807, 2.05) is 0 Å². The predicted octanol–water partition coefficient (Wildman–Crippen LogP) is 2.18. The summed E-state index contributed by atoms with van der Waals surface area (Å²) in [6, 6.07) is 0.0772. The lowest BCUT2D eigenvalue weighted by Crippen LogP contribution is -2.06. The fraction of sp³-hybridized carbons (Fsp3) is 0.222. The van der Waals surface area contributed by atoms with Gasteiger partial charge in [0.05, 0.1) is 11.3 Å². The summed E-state index contributed by atoms with van der Waals surface area (Å²) in [6.07, 6.45) is 2.61. The van der Waals surface area contributed by atoms with E-state index in [1.54, 1.807) is 6.92 Å². The second kappa shape index (κ2) is 5.67. The van der Waals surface area contributed by atoms with E-state index in [2.05, 4.69) is 9.97 Å². The molecule has 1 N–H and O–H groups in total. The van der Waals surface area contributed by atoms with Gasteiger partial charge in [-0.2, -0.15) is 4.98 Å². The molecule has 1 aromatic rings. The van der Waals surface area contributed by atoms with Crippen molar-refractivity contribution in [1.29, 1.82) is 0 Å². The highest BCUT2D eigenvalue weighted by atomic mass is 35.5. The van der Waals surface area contributed by atoms with Gasteiger partial charge >= 0.3 is 12.0 Å². The summed E-state index contributed by atoms with van der Waals surface area (Å²) >= 11 is 10.7. The van der Waals surface area contributed by atoms with Crippen LogP contribution in [0, 0.1) is 6.92 Å². The van der Waals surface area contributed by atoms with E-state index in [-0.39, 0.29) is 22.7 Å². The highest BCUT2D eigenvalue weighted by Gasteiger charge is 2.09. The van der Waals surface area contributed by atoms with Crippen molar-refractivity contribution in [3.63, 3.8) is 0 Å². The first-order valence-corrected chi connectivity index (χ1v) is 4.97. The molecule has 0 aliphatic carbocycles. The van der Waals surface area contributed by atoms with E-state index < -0.39 is 5.97 Å². The van der Waals surface area contributed by atoms with E-state index >= 15 is 0 Å². The summed E-state index contributed by atoms with van der Waals surface area (Å²) in [5, 5.41) is 8.74. The molecule has 7 heteroatoms. The smallest absolute Gasteiger partial charge is 0.339 e. The van der Waals surface area contributed by atoms with Gasteiger partial charge in [0, 0.05) is 6.20 Å². The third kappa shape index (κ3) is 3.67. The zero-order valence-corrected chi connectivity index (χ0v) is 9.79. The van der Waals surface area contributed by atoms with Crippen molar-refractivity contribution in [1.82, 2.24) is 9.97 Å². The van der Waals surface area contributed by atoms with Crippen LogP contribution in [-0.4, -0.2) is 27.7 Å². The molecule has 1 heterocycles. The molecule has 5 nitrogen and oxygen atoms in total. The minimum atomic E-state index is -1.08. The predicted molar refractivity (Wildman–Crippen MR) is 59.0 cm³/mol. The fourth-order valence-electron chi connectivity index (χ4n) is 0.904. The minimum Gasteiger partial charge on any atom is -0.478 e. The Labute approximate surface area is 102 Å². The second-order valence-corrected chi connectivity index (χ2v) is 3.77. The molecule has 0 spiro atoms. The Kier molecular flexibility index (Phi) is 4.52. The molecule has 86 valence electrons. The zero-order valence-electron chi connectivity index (χ0n) is 8.28. The molecule has 0 radical (unpaired) electrons. The molecule has 0 bridgehead atoms. The van der Waals surface area contributed by atoms with Crippen LogP contribution in [0.15, 0.2) is 16.8 Å². The number of aryl methyl sites for hydroxylation is 1. The number of nitrogens with zero attached hydrogens (tertiary/aromatic N) is 2. The van der Waals surface area contributed by atoms with Crippen LogP contribution in [-0.2, 0) is 0 Å². The number of ether oxygens (including phenoxy) is 1. The van der Waals surface area contributed by atoms with E-state index in [0.717, 1.165) is 0 Å². The van der Waals surface area contributed by atoms with Crippen molar-refractivity contribution >= 4 is 29.2 Å². The third-order valence-electron chi connectivity index (χ3n) is 1.64. The Bertz CT molecular complexity index is 431. The molecule has 0 saturated carbocycles. The molecular formula is C9H8Cl2N2O3. The first-order chi connectivity index (χ1) is 7.50. The van der Waals surface area contributed by atoms with E-state index in [0.29, 0.717) is 5.69 Å². The van der Waals surface area contributed by atoms with Crippen LogP contribution < -0.4 is 4.74 Å². The summed E-state index contributed by atoms with van der Waals surface area (Å²) in [4.78, 5) is 18.3. The lowest BCUT2D eigenvalue weighted by molar-refractivity contribution is 0.0695. The van der Waals surface area contributed by atoms with E-state index in [9.17, 15) is 4.79 Å². The van der Waals surface area contributed by atoms with Gasteiger partial charge in [-0.3, -0.25) is 0 Å². The fourth-order valence-corrected chi connectivity index (χ4v) is 1.03. The average Bonchev–Trinajstić information content (AvgIpc) is 2.16. The van der Waals surface area contributed by atoms with Gasteiger partial charge in [-0.05, 0) is 13.0 Å². The Balaban J connectivity index is 2.74. The summed E-state index contributed by atoms with van der Waals surface area (Å²) < 4.78 is 5.15. The Morgan fingerprint density at radius 1 is 1.62 bits per heavy atom. The molecule has 16 heavy (non-hydrogen) atoms. The lowest BCUT2D eigenvalue weighted by Gasteiger charge is -2.03. The molecule has 0 amide bonds. The quantitative estimate of drug-likeness (QED) is 0.901. The second-order valence-electron chi connectivity index (χ2n) is 2.76. The Morgan fingerprint density at radius 3 is 2.81 bits per heavy atom. The zero-order chi connectivity index (χ0) is 12.1. The number of rotatable bonds is 4. The molecule has 0 unspecified atom stereocenters. The van der Waals surface area contributed by atoms with Crippen molar-refractivity contribution in [2.24, 2.45) is 0 Å². The van der Waals surface area contributed by atoms with Crippen LogP contribution in [0.3, 0.4) is 0 Å². The molecule has 0 saturated heterocycles. The van der Waals surface area contributed by atoms with Gasteiger partial charge in [-0.25, -0.2) is 9.78 Å². The largest absolute Gasteiger partial charge is 0.478 e. The molecule has 0 atom stereocenters. The maximum absolute atomic E-state index is 10.7. The highest BCUT2D eigenvalue weighted by molar-refractivity contribution is 6.55. The number of halogens is 2. The number of hydrogen-bond donors (Lipinski definition) is 1. The number of aromatic nitrogens is 2. The van der Waals surface area contributed by atoms with Gasteiger partial charge in [0.1, 0.15) is 11.1 Å². The van der Waals surface area contributed by atoms with Gasteiger partial charge < -0.3 is 9.84 Å². The van der Waals surface area contributed by atoms with Crippen LogP contribution in [0.1, 0.15) is 16.1 Å². The monoisotopic (exact) mass is 262 g/mol. The summed E-state index contributed by atoms with van der Waals surface area (Å²) in [7, 11) is 0. The Morgan fingerprint density at radius 2 is 2.31 bits per heavy atom. The minimum absolute atomic E-state index is 0.0401. The lowest BCUT2D eigenvalue weighted by atomic mass is 10.2. The highest BCUT2D eigenvalue weighted by Crippen LogP contribution is 2.10. The van der Waals surface area contributed by atoms with Gasteiger partial charge in [-0.15, -0.1) is 0 Å². The first kappa shape index (κ1) is 12.7. The molecule has 1 rings (SSSR count). The van der Waals surface area contributed by atoms with Crippen LogP contribution in [0.2, 0.25) is 0 Å². The summed E-state index contributed by atoms with van der Waals surface area (Å²) in [5.41, 5.74) is 0.372. The molecule has 0 aliphatic heterocycles. The Hall–Kier alpha value is -1.33. The summed E-state index contributed by atoms with van der Waals surface area (Å²) in [6.45, 7) is 1.68. The van der Waals surface area contributed by atoms with Crippen LogP contribution in [0.25, 0.3) is 0 Å². The van der Waals surface area contributed by atoms with Crippen LogP contribution in [0.5, 0.6) is 6.01 Å². The number of hydrogen-bond acceptors (Lipinski definition) is 4. The number of aromatic carboxylic acids is 1. The van der Waals surface area contributed by atoms with E-state index in [1.165, 1.54) is 12.3 Å². The number of carbonyl (C=O) groups is 1. The first-order valence-electron chi connectivity index (χ1n) is 4.21. The van der Waals surface area contributed by atoms with Crippen molar-refractivity contribution in [2.75, 3.05) is 6.61 Å². The maximum atomic E-state index is 10.7. The van der Waals surface area contributed by atoms with Crippen LogP contribution in [0.4, 0.5) is 0 Å². The topological polar surface area (TPSA) is 72.3 Å². The number of carboxylic acid groups (broad SMARTS) is 1. The van der Waals surface area contributed by atoms with E-state index in [4.69, 9.17) is 33.0 Å². The maximum Gasteiger partial charge on any atom is 0.339 e. The molecule has 0 fully saturated rings. The molecule has 0 aromatic carbocycles. The molecule has 1 aromatic heterocycles. The van der Waals surface area contributed by atoms with Crippen molar-refractivity contribution in [3.8, 4) is 6.01 Å². The van der Waals surface area contributed by atoms with Crippen LogP contribution >= 0.6 is 23.2 Å². The van der Waals surface area contributed by atoms with Crippen molar-refractivity contribution < 1.29 is 14.6 Å². The number of carboxylic acids is 1. The normalized spacial score (nSPS) is 9.69. The average molecular weight is 263 g/mol. The molecular weight excluding hydrogens is 255 g/mol. The van der Waals surface area contributed by atoms with Gasteiger partial charge in [0.2, 0.25) is 0 Å². The third-order valence-corrected chi connectivity index (χ3v) is 1.95. The molecule has 0 aliphatic rings. The summed E-state index contributed by atoms with van der Waals surface area (Å²) in [5.74, 6) is -1.08. The SMILES string of the molecule is Cc1nc(OCC=C(Cl)Cl)ncc1C(=O)O. The van der Waals surface area contributed by atoms with Crippen molar-refractivity contribution in [3.05, 3.63) is 28.0 Å². The van der Waals surface area contributed by atoms with Gasteiger partial charge in [0.25, 0.3) is 0 Å². The van der Waals surface area contributed by atoms with Crippen molar-refractivity contribution in [2.45, 2.75) is 6.92 Å². The standard InChI is InChI=1S/C9H8Cl2N2O3/c1-5-6(8(14)15)4-12-9(13-5)16-3-2-7(10)11/h2,4H,3H2,1H3,(H,14,15). The van der Waals surface area contributed by atoms with Gasteiger partial charge in [-0.1, -0.05) is 23.2 Å².